The van der Waals surface area contributed by atoms with Gasteiger partial charge in [-0.05, 0) is 44.9 Å². The highest BCUT2D eigenvalue weighted by Gasteiger charge is 2.24. The number of hydrogen-bond donors (Lipinski definition) is 1. The molecule has 0 radical (unpaired) electrons. The highest BCUT2D eigenvalue weighted by Crippen LogP contribution is 2.28. The van der Waals surface area contributed by atoms with Gasteiger partial charge in [0.1, 0.15) is 0 Å². The second-order valence-corrected chi connectivity index (χ2v) is 6.05. The number of hydrogen-bond acceptors (Lipinski definition) is 3. The van der Waals surface area contributed by atoms with Crippen LogP contribution in [0.1, 0.15) is 26.3 Å². The van der Waals surface area contributed by atoms with E-state index in [-0.39, 0.29) is 18.2 Å². The van der Waals surface area contributed by atoms with Gasteiger partial charge in [-0.25, -0.2) is 0 Å². The Morgan fingerprint density at radius 1 is 1.37 bits per heavy atom. The van der Waals surface area contributed by atoms with Gasteiger partial charge in [-0.3, -0.25) is 0 Å². The molecule has 0 aromatic heterocycles. The van der Waals surface area contributed by atoms with E-state index < -0.39 is 0 Å². The minimum atomic E-state index is 0.149. The van der Waals surface area contributed by atoms with Crippen molar-refractivity contribution in [2.45, 2.75) is 45.4 Å². The highest BCUT2D eigenvalue weighted by molar-refractivity contribution is 6.30. The van der Waals surface area contributed by atoms with Gasteiger partial charge in [-0.1, -0.05) is 17.7 Å². The van der Waals surface area contributed by atoms with Gasteiger partial charge in [0.25, 0.3) is 0 Å². The second kappa shape index (κ2) is 6.12. The molecular formula is C15H23ClN2O. The Morgan fingerprint density at radius 2 is 2.00 bits per heavy atom. The molecule has 3 unspecified atom stereocenters. The number of ether oxygens (including phenoxy) is 1. The van der Waals surface area contributed by atoms with Crippen molar-refractivity contribution in [2.24, 2.45) is 5.73 Å². The first-order chi connectivity index (χ1) is 8.95. The number of rotatable bonds is 3. The molecule has 106 valence electrons. The van der Waals surface area contributed by atoms with Gasteiger partial charge in [0.15, 0.2) is 0 Å². The lowest BCUT2D eigenvalue weighted by Crippen LogP contribution is -2.46. The fourth-order valence-corrected chi connectivity index (χ4v) is 2.89. The average molecular weight is 283 g/mol. The Bertz CT molecular complexity index is 426. The summed E-state index contributed by atoms with van der Waals surface area (Å²) in [5.74, 6) is 0. The van der Waals surface area contributed by atoms with Gasteiger partial charge in [0, 0.05) is 29.8 Å². The lowest BCUT2D eigenvalue weighted by atomic mass is 10.0. The maximum Gasteiger partial charge on any atom is 0.0726 e. The normalized spacial score (nSPS) is 25.4. The first-order valence-corrected chi connectivity index (χ1v) is 7.28. The van der Waals surface area contributed by atoms with Crippen LogP contribution < -0.4 is 10.6 Å². The van der Waals surface area contributed by atoms with Crippen LogP contribution in [0.4, 0.5) is 5.69 Å². The largest absolute Gasteiger partial charge is 0.372 e. The minimum Gasteiger partial charge on any atom is -0.372 e. The van der Waals surface area contributed by atoms with E-state index in [9.17, 15) is 0 Å². The standard InChI is InChI=1S/C15H23ClN2O/c1-10(17)6-13-4-5-14(16)7-15(13)18-8-11(2)19-12(3)9-18/h4-5,7,10-12H,6,8-9,17H2,1-3H3. The maximum absolute atomic E-state index is 6.16. The van der Waals surface area contributed by atoms with E-state index in [0.29, 0.717) is 0 Å². The molecule has 2 N–H and O–H groups in total. The minimum absolute atomic E-state index is 0.149. The van der Waals surface area contributed by atoms with Crippen LogP contribution in [0.25, 0.3) is 0 Å². The van der Waals surface area contributed by atoms with Gasteiger partial charge in [0.05, 0.1) is 12.2 Å². The van der Waals surface area contributed by atoms with Crippen LogP contribution in [0, 0.1) is 0 Å². The van der Waals surface area contributed by atoms with Crippen LogP contribution in [0.3, 0.4) is 0 Å². The van der Waals surface area contributed by atoms with Crippen LogP contribution in [0.5, 0.6) is 0 Å². The molecule has 1 aromatic rings. The summed E-state index contributed by atoms with van der Waals surface area (Å²) in [5.41, 5.74) is 8.40. The highest BCUT2D eigenvalue weighted by atomic mass is 35.5. The second-order valence-electron chi connectivity index (χ2n) is 5.62. The zero-order chi connectivity index (χ0) is 14.0. The molecule has 2 rings (SSSR count). The number of halogens is 1. The summed E-state index contributed by atoms with van der Waals surface area (Å²) in [7, 11) is 0. The van der Waals surface area contributed by atoms with Crippen LogP contribution >= 0.6 is 11.6 Å². The Hall–Kier alpha value is -0.770. The van der Waals surface area contributed by atoms with Crippen molar-refractivity contribution in [2.75, 3.05) is 18.0 Å². The van der Waals surface area contributed by atoms with Crippen LogP contribution in [-0.4, -0.2) is 31.3 Å². The van der Waals surface area contributed by atoms with Gasteiger partial charge >= 0.3 is 0 Å². The predicted octanol–water partition coefficient (Wildman–Crippen LogP) is 2.84. The molecule has 1 heterocycles. The van der Waals surface area contributed by atoms with E-state index in [2.05, 4.69) is 24.8 Å². The molecule has 0 aliphatic carbocycles. The van der Waals surface area contributed by atoms with Crippen LogP contribution in [0.2, 0.25) is 5.02 Å². The van der Waals surface area contributed by atoms with Crippen LogP contribution in [-0.2, 0) is 11.2 Å². The van der Waals surface area contributed by atoms with Gasteiger partial charge in [0.2, 0.25) is 0 Å². The first-order valence-electron chi connectivity index (χ1n) is 6.90. The van der Waals surface area contributed by atoms with E-state index in [1.807, 2.05) is 19.1 Å². The Kier molecular flexibility index (Phi) is 4.71. The zero-order valence-electron chi connectivity index (χ0n) is 11.9. The van der Waals surface area contributed by atoms with E-state index in [0.717, 1.165) is 24.5 Å². The molecule has 1 aromatic carbocycles. The number of morpholine rings is 1. The van der Waals surface area contributed by atoms with Gasteiger partial charge < -0.3 is 15.4 Å². The fraction of sp³-hybridized carbons (Fsp3) is 0.600. The van der Waals surface area contributed by atoms with Crippen molar-refractivity contribution in [1.82, 2.24) is 0 Å². The average Bonchev–Trinajstić information content (AvgIpc) is 2.29. The lowest BCUT2D eigenvalue weighted by Gasteiger charge is -2.38. The summed E-state index contributed by atoms with van der Waals surface area (Å²) in [6, 6.07) is 6.22. The van der Waals surface area contributed by atoms with Crippen molar-refractivity contribution < 1.29 is 4.74 Å². The molecule has 4 heteroatoms. The smallest absolute Gasteiger partial charge is 0.0726 e. The Labute approximate surface area is 120 Å². The van der Waals surface area contributed by atoms with Crippen molar-refractivity contribution in [3.63, 3.8) is 0 Å². The monoisotopic (exact) mass is 282 g/mol. The SMILES string of the molecule is CC(N)Cc1ccc(Cl)cc1N1CC(C)OC(C)C1. The molecular weight excluding hydrogens is 260 g/mol. The molecule has 1 aliphatic heterocycles. The number of nitrogens with zero attached hydrogens (tertiary/aromatic N) is 1. The molecule has 19 heavy (non-hydrogen) atoms. The topological polar surface area (TPSA) is 38.5 Å². The molecule has 0 saturated carbocycles. The van der Waals surface area contributed by atoms with Crippen molar-refractivity contribution >= 4 is 17.3 Å². The summed E-state index contributed by atoms with van der Waals surface area (Å²) < 4.78 is 5.79. The first kappa shape index (κ1) is 14.6. The molecule has 1 saturated heterocycles. The summed E-state index contributed by atoms with van der Waals surface area (Å²) in [6.45, 7) is 8.05. The molecule has 0 bridgehead atoms. The molecule has 1 fully saturated rings. The van der Waals surface area contributed by atoms with E-state index in [1.54, 1.807) is 0 Å². The summed E-state index contributed by atoms with van der Waals surface area (Å²) in [6.07, 6.45) is 1.35. The van der Waals surface area contributed by atoms with Crippen LogP contribution in [0.15, 0.2) is 18.2 Å². The lowest BCUT2D eigenvalue weighted by molar-refractivity contribution is -0.00526. The molecule has 0 spiro atoms. The Morgan fingerprint density at radius 3 is 2.58 bits per heavy atom. The third-order valence-corrected chi connectivity index (χ3v) is 3.58. The quantitative estimate of drug-likeness (QED) is 0.926. The van der Waals surface area contributed by atoms with E-state index >= 15 is 0 Å². The van der Waals surface area contributed by atoms with Crippen molar-refractivity contribution in [3.8, 4) is 0 Å². The van der Waals surface area contributed by atoms with Crippen molar-refractivity contribution in [3.05, 3.63) is 28.8 Å². The molecule has 1 aliphatic rings. The third-order valence-electron chi connectivity index (χ3n) is 3.35. The Balaban J connectivity index is 2.28. The zero-order valence-corrected chi connectivity index (χ0v) is 12.7. The molecule has 3 atom stereocenters. The predicted molar refractivity (Wildman–Crippen MR) is 81.0 cm³/mol. The van der Waals surface area contributed by atoms with E-state index in [1.165, 1.54) is 11.3 Å². The van der Waals surface area contributed by atoms with Gasteiger partial charge in [-0.2, -0.15) is 0 Å². The summed E-state index contributed by atoms with van der Waals surface area (Å²) in [5, 5.41) is 0.773. The molecule has 3 nitrogen and oxygen atoms in total. The third kappa shape index (κ3) is 3.85. The number of nitrogens with two attached hydrogens (primary N) is 1. The summed E-state index contributed by atoms with van der Waals surface area (Å²) >= 11 is 6.16. The van der Waals surface area contributed by atoms with Gasteiger partial charge in [-0.15, -0.1) is 0 Å². The van der Waals surface area contributed by atoms with E-state index in [4.69, 9.17) is 22.1 Å². The number of benzene rings is 1. The maximum atomic E-state index is 6.16. The fourth-order valence-electron chi connectivity index (χ4n) is 2.73. The number of anilines is 1. The summed E-state index contributed by atoms with van der Waals surface area (Å²) in [4.78, 5) is 2.36. The van der Waals surface area contributed by atoms with Crippen molar-refractivity contribution in [1.29, 1.82) is 0 Å². The molecule has 0 amide bonds.